The molecule has 1 aliphatic heterocycles. The Bertz CT molecular complexity index is 807. The lowest BCUT2D eigenvalue weighted by Gasteiger charge is -2.32. The minimum absolute atomic E-state index is 0.108. The molecule has 2 aromatic rings. The van der Waals surface area contributed by atoms with Gasteiger partial charge in [0.2, 0.25) is 10.0 Å². The monoisotopic (exact) mass is 335 g/mol. The fourth-order valence-electron chi connectivity index (χ4n) is 2.69. The van der Waals surface area contributed by atoms with Crippen LogP contribution in [0.1, 0.15) is 17.2 Å². The highest BCUT2D eigenvalue weighted by atomic mass is 32.2. The van der Waals surface area contributed by atoms with E-state index in [1.165, 1.54) is 10.4 Å². The molecule has 0 spiro atoms. The average Bonchev–Trinajstić information content (AvgIpc) is 2.55. The molecule has 1 aliphatic rings. The van der Waals surface area contributed by atoms with Crippen molar-refractivity contribution in [3.8, 4) is 0 Å². The van der Waals surface area contributed by atoms with Gasteiger partial charge < -0.3 is 4.74 Å². The normalized spacial score (nSPS) is 19.7. The van der Waals surface area contributed by atoms with Gasteiger partial charge in [0.15, 0.2) is 0 Å². The molecule has 0 amide bonds. The van der Waals surface area contributed by atoms with Crippen molar-refractivity contribution in [2.24, 2.45) is 0 Å². The Morgan fingerprint density at radius 3 is 2.70 bits per heavy atom. The van der Waals surface area contributed by atoms with Gasteiger partial charge in [0.05, 0.1) is 17.6 Å². The molecular weight excluding hydrogens is 317 g/mol. The van der Waals surface area contributed by atoms with Gasteiger partial charge in [0, 0.05) is 18.7 Å². The van der Waals surface area contributed by atoms with Gasteiger partial charge in [-0.05, 0) is 30.7 Å². The third-order valence-corrected chi connectivity index (χ3v) is 5.77. The molecule has 0 saturated carbocycles. The molecule has 0 aliphatic carbocycles. The van der Waals surface area contributed by atoms with Crippen LogP contribution < -0.4 is 0 Å². The Labute approximate surface area is 135 Å². The predicted molar refractivity (Wildman–Crippen MR) is 85.0 cm³/mol. The summed E-state index contributed by atoms with van der Waals surface area (Å²) in [5.41, 5.74) is 1.27. The summed E-state index contributed by atoms with van der Waals surface area (Å²) < 4.78 is 46.4. The van der Waals surface area contributed by atoms with Crippen LogP contribution in [0, 0.1) is 12.7 Å². The second-order valence-electron chi connectivity index (χ2n) is 5.56. The zero-order valence-electron chi connectivity index (χ0n) is 12.8. The van der Waals surface area contributed by atoms with Crippen molar-refractivity contribution in [1.82, 2.24) is 4.31 Å². The number of nitrogens with zero attached hydrogens (tertiary/aromatic N) is 1. The second kappa shape index (κ2) is 6.39. The Balaban J connectivity index is 1.88. The highest BCUT2D eigenvalue weighted by Crippen LogP contribution is 2.28. The van der Waals surface area contributed by atoms with Gasteiger partial charge in [-0.2, -0.15) is 4.31 Å². The molecule has 1 fully saturated rings. The standard InChI is InChI=1S/C17H18FNO3S/c1-13-5-4-6-14(11-13)23(20,21)19-9-10-22-17(12-19)15-7-2-3-8-16(15)18/h2-8,11,17H,9-10,12H2,1H3. The largest absolute Gasteiger partial charge is 0.371 e. The fourth-order valence-corrected chi connectivity index (χ4v) is 4.22. The third kappa shape index (κ3) is 3.29. The highest BCUT2D eigenvalue weighted by molar-refractivity contribution is 7.89. The van der Waals surface area contributed by atoms with Crippen molar-refractivity contribution < 1.29 is 17.5 Å². The molecule has 0 radical (unpaired) electrons. The number of halogens is 1. The maximum Gasteiger partial charge on any atom is 0.243 e. The van der Waals surface area contributed by atoms with E-state index in [9.17, 15) is 12.8 Å². The van der Waals surface area contributed by atoms with E-state index >= 15 is 0 Å². The first-order valence-electron chi connectivity index (χ1n) is 7.41. The summed E-state index contributed by atoms with van der Waals surface area (Å²) in [6, 6.07) is 13.1. The Morgan fingerprint density at radius 1 is 1.17 bits per heavy atom. The lowest BCUT2D eigenvalue weighted by atomic mass is 10.1. The van der Waals surface area contributed by atoms with E-state index in [1.54, 1.807) is 36.4 Å². The molecule has 6 heteroatoms. The summed E-state index contributed by atoms with van der Waals surface area (Å²) in [5, 5.41) is 0. The predicted octanol–water partition coefficient (Wildman–Crippen LogP) is 2.90. The van der Waals surface area contributed by atoms with E-state index in [1.807, 2.05) is 13.0 Å². The number of ether oxygens (including phenoxy) is 1. The van der Waals surface area contributed by atoms with Gasteiger partial charge in [-0.25, -0.2) is 12.8 Å². The topological polar surface area (TPSA) is 46.6 Å². The van der Waals surface area contributed by atoms with E-state index in [4.69, 9.17) is 4.74 Å². The van der Waals surface area contributed by atoms with Crippen molar-refractivity contribution in [3.63, 3.8) is 0 Å². The van der Waals surface area contributed by atoms with Crippen LogP contribution in [-0.2, 0) is 14.8 Å². The molecule has 1 heterocycles. The van der Waals surface area contributed by atoms with E-state index in [2.05, 4.69) is 0 Å². The first kappa shape index (κ1) is 16.1. The minimum Gasteiger partial charge on any atom is -0.371 e. The number of hydrogen-bond donors (Lipinski definition) is 0. The van der Waals surface area contributed by atoms with Crippen LogP contribution in [0.15, 0.2) is 53.4 Å². The first-order valence-corrected chi connectivity index (χ1v) is 8.85. The van der Waals surface area contributed by atoms with Gasteiger partial charge in [0.25, 0.3) is 0 Å². The second-order valence-corrected chi connectivity index (χ2v) is 7.50. The molecular formula is C17H18FNO3S. The molecule has 1 atom stereocenters. The minimum atomic E-state index is -3.61. The summed E-state index contributed by atoms with van der Waals surface area (Å²) in [6.45, 7) is 2.46. The van der Waals surface area contributed by atoms with Crippen LogP contribution in [0.2, 0.25) is 0 Å². The Morgan fingerprint density at radius 2 is 1.96 bits per heavy atom. The first-order chi connectivity index (χ1) is 11.0. The maximum atomic E-state index is 13.9. The molecule has 0 aromatic heterocycles. The number of benzene rings is 2. The van der Waals surface area contributed by atoms with E-state index in [0.717, 1.165) is 5.56 Å². The van der Waals surface area contributed by atoms with Crippen molar-refractivity contribution in [1.29, 1.82) is 0 Å². The molecule has 0 bridgehead atoms. The lowest BCUT2D eigenvalue weighted by Crippen LogP contribution is -2.42. The van der Waals surface area contributed by atoms with Crippen LogP contribution in [0.25, 0.3) is 0 Å². The van der Waals surface area contributed by atoms with Gasteiger partial charge in [0.1, 0.15) is 5.82 Å². The number of hydrogen-bond acceptors (Lipinski definition) is 3. The summed E-state index contributed by atoms with van der Waals surface area (Å²) in [5.74, 6) is -0.382. The molecule has 1 saturated heterocycles. The van der Waals surface area contributed by atoms with Crippen LogP contribution in [0.3, 0.4) is 0 Å². The van der Waals surface area contributed by atoms with Crippen molar-refractivity contribution in [2.45, 2.75) is 17.9 Å². The zero-order chi connectivity index (χ0) is 16.4. The maximum absolute atomic E-state index is 13.9. The van der Waals surface area contributed by atoms with E-state index in [-0.39, 0.29) is 30.4 Å². The number of rotatable bonds is 3. The van der Waals surface area contributed by atoms with Crippen LogP contribution in [-0.4, -0.2) is 32.4 Å². The Hall–Kier alpha value is -1.76. The van der Waals surface area contributed by atoms with Crippen LogP contribution >= 0.6 is 0 Å². The number of morpholine rings is 1. The molecule has 122 valence electrons. The summed E-state index contributed by atoms with van der Waals surface area (Å²) in [4.78, 5) is 0.256. The third-order valence-electron chi connectivity index (χ3n) is 3.91. The van der Waals surface area contributed by atoms with Gasteiger partial charge >= 0.3 is 0 Å². The summed E-state index contributed by atoms with van der Waals surface area (Å²) in [7, 11) is -3.61. The van der Waals surface area contributed by atoms with Gasteiger partial charge in [-0.3, -0.25) is 0 Å². The van der Waals surface area contributed by atoms with Crippen molar-refractivity contribution in [2.75, 3.05) is 19.7 Å². The SMILES string of the molecule is Cc1cccc(S(=O)(=O)N2CCOC(c3ccccc3F)C2)c1. The number of sulfonamides is 1. The molecule has 4 nitrogen and oxygen atoms in total. The van der Waals surface area contributed by atoms with Crippen LogP contribution in [0.5, 0.6) is 0 Å². The quantitative estimate of drug-likeness (QED) is 0.866. The van der Waals surface area contributed by atoms with E-state index in [0.29, 0.717) is 5.56 Å². The molecule has 3 rings (SSSR count). The van der Waals surface area contributed by atoms with Crippen molar-refractivity contribution in [3.05, 3.63) is 65.5 Å². The highest BCUT2D eigenvalue weighted by Gasteiger charge is 2.32. The molecule has 1 unspecified atom stereocenters. The lowest BCUT2D eigenvalue weighted by molar-refractivity contribution is -0.00442. The van der Waals surface area contributed by atoms with Crippen LogP contribution in [0.4, 0.5) is 4.39 Å². The fraction of sp³-hybridized carbons (Fsp3) is 0.294. The summed E-state index contributed by atoms with van der Waals surface area (Å²) in [6.07, 6.45) is -0.593. The summed E-state index contributed by atoms with van der Waals surface area (Å²) >= 11 is 0. The molecule has 0 N–H and O–H groups in total. The van der Waals surface area contributed by atoms with Gasteiger partial charge in [-0.1, -0.05) is 30.3 Å². The smallest absolute Gasteiger partial charge is 0.243 e. The average molecular weight is 335 g/mol. The molecule has 2 aromatic carbocycles. The molecule has 23 heavy (non-hydrogen) atoms. The Kier molecular flexibility index (Phi) is 4.48. The zero-order valence-corrected chi connectivity index (χ0v) is 13.6. The van der Waals surface area contributed by atoms with E-state index < -0.39 is 16.1 Å². The number of aryl methyl sites for hydroxylation is 1. The van der Waals surface area contributed by atoms with Crippen molar-refractivity contribution >= 4 is 10.0 Å². The van der Waals surface area contributed by atoms with Gasteiger partial charge in [-0.15, -0.1) is 0 Å².